The summed E-state index contributed by atoms with van der Waals surface area (Å²) in [6.45, 7) is 7.62. The van der Waals surface area contributed by atoms with Gasteiger partial charge in [-0.25, -0.2) is 9.78 Å². The normalized spacial score (nSPS) is 14.7. The quantitative estimate of drug-likeness (QED) is 0.187. The summed E-state index contributed by atoms with van der Waals surface area (Å²) in [5, 5.41) is 17.4. The van der Waals surface area contributed by atoms with Crippen molar-refractivity contribution in [2.24, 2.45) is 17.6 Å². The molecule has 0 saturated heterocycles. The molecule has 4 unspecified atom stereocenters. The number of nitrogens with one attached hydrogen (secondary N) is 4. The van der Waals surface area contributed by atoms with Gasteiger partial charge in [-0.2, -0.15) is 11.8 Å². The molecule has 0 aliphatic rings. The Morgan fingerprint density at radius 3 is 2.06 bits per heavy atom. The fourth-order valence-corrected chi connectivity index (χ4v) is 3.93. The zero-order chi connectivity index (χ0) is 26.5. The lowest BCUT2D eigenvalue weighted by molar-refractivity contribution is -0.142. The average molecular weight is 513 g/mol. The van der Waals surface area contributed by atoms with Gasteiger partial charge in [-0.3, -0.25) is 14.4 Å². The van der Waals surface area contributed by atoms with Crippen LogP contribution in [0.4, 0.5) is 0 Å². The largest absolute Gasteiger partial charge is 0.480 e. The van der Waals surface area contributed by atoms with E-state index in [0.717, 1.165) is 0 Å². The third kappa shape index (κ3) is 11.6. The Bertz CT molecular complexity index is 817. The molecule has 35 heavy (non-hydrogen) atoms. The Kier molecular flexibility index (Phi) is 13.4. The molecular formula is C23H40N6O5S. The second-order valence-corrected chi connectivity index (χ2v) is 10.4. The predicted molar refractivity (Wildman–Crippen MR) is 136 cm³/mol. The van der Waals surface area contributed by atoms with Crippen molar-refractivity contribution in [3.63, 3.8) is 0 Å². The number of aromatic amines is 1. The number of nitrogens with zero attached hydrogens (tertiary/aromatic N) is 1. The van der Waals surface area contributed by atoms with E-state index in [2.05, 4.69) is 25.9 Å². The van der Waals surface area contributed by atoms with Crippen LogP contribution < -0.4 is 21.7 Å². The number of amides is 3. The molecule has 0 aliphatic carbocycles. The first kappa shape index (κ1) is 30.4. The first-order valence-corrected chi connectivity index (χ1v) is 13.2. The highest BCUT2D eigenvalue weighted by Crippen LogP contribution is 2.09. The van der Waals surface area contributed by atoms with E-state index in [0.29, 0.717) is 24.3 Å². The molecule has 7 N–H and O–H groups in total. The molecule has 0 aliphatic heterocycles. The van der Waals surface area contributed by atoms with Crippen LogP contribution in [0.5, 0.6) is 0 Å². The summed E-state index contributed by atoms with van der Waals surface area (Å²) in [6, 6.07) is -3.81. The fraction of sp³-hybridized carbons (Fsp3) is 0.696. The number of rotatable bonds is 16. The molecule has 0 aromatic carbocycles. The third-order valence-electron chi connectivity index (χ3n) is 5.24. The topological polar surface area (TPSA) is 179 Å². The van der Waals surface area contributed by atoms with Crippen molar-refractivity contribution in [1.29, 1.82) is 0 Å². The maximum Gasteiger partial charge on any atom is 0.326 e. The van der Waals surface area contributed by atoms with E-state index in [4.69, 9.17) is 5.73 Å². The zero-order valence-electron chi connectivity index (χ0n) is 21.2. The van der Waals surface area contributed by atoms with Crippen LogP contribution in [0.15, 0.2) is 12.5 Å². The van der Waals surface area contributed by atoms with E-state index in [1.165, 1.54) is 24.3 Å². The van der Waals surface area contributed by atoms with Gasteiger partial charge < -0.3 is 31.8 Å². The number of H-pyrrole nitrogens is 1. The van der Waals surface area contributed by atoms with E-state index in [1.54, 1.807) is 0 Å². The first-order chi connectivity index (χ1) is 16.4. The Labute approximate surface area is 211 Å². The van der Waals surface area contributed by atoms with Gasteiger partial charge in [0.25, 0.3) is 0 Å². The lowest BCUT2D eigenvalue weighted by atomic mass is 10.0. The number of carbonyl (C=O) groups excluding carboxylic acids is 3. The van der Waals surface area contributed by atoms with Crippen LogP contribution in [0, 0.1) is 11.8 Å². The van der Waals surface area contributed by atoms with Gasteiger partial charge in [0.2, 0.25) is 17.7 Å². The van der Waals surface area contributed by atoms with Crippen molar-refractivity contribution in [1.82, 2.24) is 25.9 Å². The van der Waals surface area contributed by atoms with Gasteiger partial charge in [-0.1, -0.05) is 27.7 Å². The number of carboxylic acids is 1. The van der Waals surface area contributed by atoms with E-state index in [-0.39, 0.29) is 24.7 Å². The fourth-order valence-electron chi connectivity index (χ4n) is 3.46. The SMILES string of the molecule is CSCCC(NC(=O)C(N)CC(C)C)C(=O)NC(Cc1cnc[nH]1)C(=O)NC(CC(C)C)C(=O)O. The van der Waals surface area contributed by atoms with Crippen LogP contribution >= 0.6 is 11.8 Å². The number of aromatic nitrogens is 2. The molecule has 198 valence electrons. The van der Waals surface area contributed by atoms with E-state index in [1.807, 2.05) is 34.0 Å². The molecule has 1 aromatic heterocycles. The Balaban J connectivity index is 3.03. The highest BCUT2D eigenvalue weighted by molar-refractivity contribution is 7.98. The van der Waals surface area contributed by atoms with Crippen LogP contribution in [-0.2, 0) is 25.6 Å². The minimum absolute atomic E-state index is 0.0400. The Morgan fingerprint density at radius 1 is 0.971 bits per heavy atom. The molecule has 0 spiro atoms. The highest BCUT2D eigenvalue weighted by atomic mass is 32.2. The standard InChI is InChI=1S/C23H40N6O5S/c1-13(2)8-16(24)20(30)27-17(6-7-35-5)21(31)28-18(10-15-11-25-12-26-15)22(32)29-19(23(33)34)9-14(3)4/h11-14,16-19H,6-10,24H2,1-5H3,(H,25,26)(H,27,30)(H,28,31)(H,29,32)(H,33,34). The van der Waals surface area contributed by atoms with Crippen molar-refractivity contribution < 1.29 is 24.3 Å². The molecule has 11 nitrogen and oxygen atoms in total. The molecule has 12 heteroatoms. The van der Waals surface area contributed by atoms with Crippen molar-refractivity contribution in [3.05, 3.63) is 18.2 Å². The van der Waals surface area contributed by atoms with Crippen LogP contribution in [0.3, 0.4) is 0 Å². The average Bonchev–Trinajstić information content (AvgIpc) is 3.27. The molecule has 0 bridgehead atoms. The lowest BCUT2D eigenvalue weighted by Gasteiger charge is -2.25. The first-order valence-electron chi connectivity index (χ1n) is 11.8. The second-order valence-electron chi connectivity index (χ2n) is 9.45. The molecule has 0 radical (unpaired) electrons. The number of carbonyl (C=O) groups is 4. The summed E-state index contributed by atoms with van der Waals surface area (Å²) in [4.78, 5) is 57.3. The van der Waals surface area contributed by atoms with Gasteiger partial charge in [0.15, 0.2) is 0 Å². The zero-order valence-corrected chi connectivity index (χ0v) is 22.0. The van der Waals surface area contributed by atoms with Crippen LogP contribution in [-0.4, -0.2) is 74.9 Å². The summed E-state index contributed by atoms with van der Waals surface area (Å²) in [5.74, 6) is -1.90. The third-order valence-corrected chi connectivity index (χ3v) is 5.88. The molecule has 1 heterocycles. The van der Waals surface area contributed by atoms with E-state index < -0.39 is 47.9 Å². The number of thioether (sulfide) groups is 1. The number of aliphatic carboxylic acids is 1. The van der Waals surface area contributed by atoms with Gasteiger partial charge in [0.05, 0.1) is 12.4 Å². The molecule has 0 fully saturated rings. The highest BCUT2D eigenvalue weighted by Gasteiger charge is 2.31. The molecule has 0 saturated carbocycles. The van der Waals surface area contributed by atoms with Crippen molar-refractivity contribution in [2.45, 2.75) is 77.5 Å². The molecule has 1 rings (SSSR count). The molecule has 3 amide bonds. The molecular weight excluding hydrogens is 472 g/mol. The number of hydrogen-bond acceptors (Lipinski definition) is 7. The Hall–Kier alpha value is -2.60. The van der Waals surface area contributed by atoms with Crippen LogP contribution in [0.1, 0.15) is 52.7 Å². The summed E-state index contributed by atoms with van der Waals surface area (Å²) >= 11 is 1.52. The van der Waals surface area contributed by atoms with Crippen LogP contribution in [0.2, 0.25) is 0 Å². The lowest BCUT2D eigenvalue weighted by Crippen LogP contribution is -2.58. The van der Waals surface area contributed by atoms with E-state index in [9.17, 15) is 24.3 Å². The van der Waals surface area contributed by atoms with E-state index >= 15 is 0 Å². The van der Waals surface area contributed by atoms with Crippen molar-refractivity contribution in [3.8, 4) is 0 Å². The second kappa shape index (κ2) is 15.4. The minimum Gasteiger partial charge on any atom is -0.480 e. The summed E-state index contributed by atoms with van der Waals surface area (Å²) in [7, 11) is 0. The molecule has 1 aromatic rings. The summed E-state index contributed by atoms with van der Waals surface area (Å²) < 4.78 is 0. The number of carboxylic acid groups (broad SMARTS) is 1. The maximum atomic E-state index is 13.2. The van der Waals surface area contributed by atoms with Gasteiger partial charge >= 0.3 is 5.97 Å². The number of imidazole rings is 1. The number of nitrogens with two attached hydrogens (primary N) is 1. The van der Waals surface area contributed by atoms with Crippen LogP contribution in [0.25, 0.3) is 0 Å². The predicted octanol–water partition coefficient (Wildman–Crippen LogP) is 0.664. The van der Waals surface area contributed by atoms with Gasteiger partial charge in [-0.05, 0) is 43.1 Å². The van der Waals surface area contributed by atoms with Crippen molar-refractivity contribution in [2.75, 3.05) is 12.0 Å². The summed E-state index contributed by atoms with van der Waals surface area (Å²) in [5.41, 5.74) is 6.57. The van der Waals surface area contributed by atoms with Gasteiger partial charge in [0.1, 0.15) is 18.1 Å². The number of hydrogen-bond donors (Lipinski definition) is 6. The summed E-state index contributed by atoms with van der Waals surface area (Å²) in [6.07, 6.45) is 5.98. The smallest absolute Gasteiger partial charge is 0.326 e. The maximum absolute atomic E-state index is 13.2. The Morgan fingerprint density at radius 2 is 1.54 bits per heavy atom. The van der Waals surface area contributed by atoms with Crippen molar-refractivity contribution >= 4 is 35.5 Å². The minimum atomic E-state index is -1.15. The molecule has 4 atom stereocenters. The van der Waals surface area contributed by atoms with Gasteiger partial charge in [0, 0.05) is 18.3 Å². The van der Waals surface area contributed by atoms with Gasteiger partial charge in [-0.15, -0.1) is 0 Å². The monoisotopic (exact) mass is 512 g/mol.